The minimum atomic E-state index is -0.459. The normalized spacial score (nSPS) is 23.1. The molecular formula is C12H20N4O2. The van der Waals surface area contributed by atoms with Gasteiger partial charge in [-0.25, -0.2) is 4.79 Å². The van der Waals surface area contributed by atoms with Crippen LogP contribution in [0.25, 0.3) is 0 Å². The third-order valence-corrected chi connectivity index (χ3v) is 3.12. The van der Waals surface area contributed by atoms with Gasteiger partial charge >= 0.3 is 6.03 Å². The standard InChI is InChI=1S/C12H20N4O2/c1-12(8-13)5-4-6-16(9-12)10(17)7-14-11(18)15(2)3/h4-7,9H2,1-3H3,(H,14,18)/t12-/m0/s1. The minimum absolute atomic E-state index is 0.0154. The van der Waals surface area contributed by atoms with Crippen molar-refractivity contribution in [3.8, 4) is 6.07 Å². The Morgan fingerprint density at radius 2 is 2.17 bits per heavy atom. The van der Waals surface area contributed by atoms with E-state index in [-0.39, 0.29) is 18.5 Å². The van der Waals surface area contributed by atoms with E-state index < -0.39 is 5.41 Å². The first kappa shape index (κ1) is 14.3. The Bertz CT molecular complexity index is 375. The summed E-state index contributed by atoms with van der Waals surface area (Å²) in [6.07, 6.45) is 1.65. The summed E-state index contributed by atoms with van der Waals surface area (Å²) in [7, 11) is 3.24. The van der Waals surface area contributed by atoms with Crippen molar-refractivity contribution in [3.63, 3.8) is 0 Å². The fraction of sp³-hybridized carbons (Fsp3) is 0.750. The van der Waals surface area contributed by atoms with Gasteiger partial charge < -0.3 is 15.1 Å². The van der Waals surface area contributed by atoms with Gasteiger partial charge in [0.05, 0.1) is 18.0 Å². The molecule has 1 saturated heterocycles. The molecule has 0 bridgehead atoms. The lowest BCUT2D eigenvalue weighted by Crippen LogP contribution is -2.49. The van der Waals surface area contributed by atoms with Gasteiger partial charge in [-0.15, -0.1) is 0 Å². The fourth-order valence-corrected chi connectivity index (χ4v) is 1.96. The van der Waals surface area contributed by atoms with Crippen LogP contribution in [-0.2, 0) is 4.79 Å². The van der Waals surface area contributed by atoms with Gasteiger partial charge in [0.25, 0.3) is 0 Å². The summed E-state index contributed by atoms with van der Waals surface area (Å²) in [5.74, 6) is -0.133. The van der Waals surface area contributed by atoms with E-state index >= 15 is 0 Å². The highest BCUT2D eigenvalue weighted by Gasteiger charge is 2.33. The number of nitrogens with one attached hydrogen (secondary N) is 1. The maximum atomic E-state index is 11.9. The minimum Gasteiger partial charge on any atom is -0.340 e. The molecule has 0 aromatic rings. The highest BCUT2D eigenvalue weighted by atomic mass is 16.2. The van der Waals surface area contributed by atoms with Gasteiger partial charge in [0.2, 0.25) is 5.91 Å². The highest BCUT2D eigenvalue weighted by Crippen LogP contribution is 2.28. The zero-order chi connectivity index (χ0) is 13.8. The first-order chi connectivity index (χ1) is 8.38. The Morgan fingerprint density at radius 3 is 2.72 bits per heavy atom. The second-order valence-corrected chi connectivity index (χ2v) is 5.14. The molecule has 1 atom stereocenters. The molecule has 18 heavy (non-hydrogen) atoms. The van der Waals surface area contributed by atoms with E-state index in [2.05, 4.69) is 11.4 Å². The Morgan fingerprint density at radius 1 is 1.50 bits per heavy atom. The maximum Gasteiger partial charge on any atom is 0.317 e. The van der Waals surface area contributed by atoms with Gasteiger partial charge in [-0.2, -0.15) is 5.26 Å². The molecule has 6 heteroatoms. The number of rotatable bonds is 2. The van der Waals surface area contributed by atoms with Crippen molar-refractivity contribution in [2.45, 2.75) is 19.8 Å². The molecule has 1 heterocycles. The third kappa shape index (κ3) is 3.62. The van der Waals surface area contributed by atoms with E-state index in [1.807, 2.05) is 6.92 Å². The number of hydrogen-bond donors (Lipinski definition) is 1. The first-order valence-corrected chi connectivity index (χ1v) is 6.02. The molecule has 0 radical (unpaired) electrons. The topological polar surface area (TPSA) is 76.4 Å². The molecule has 0 aromatic carbocycles. The smallest absolute Gasteiger partial charge is 0.317 e. The van der Waals surface area contributed by atoms with Crippen molar-refractivity contribution in [2.24, 2.45) is 5.41 Å². The quantitative estimate of drug-likeness (QED) is 0.773. The largest absolute Gasteiger partial charge is 0.340 e. The average Bonchev–Trinajstić information content (AvgIpc) is 2.35. The van der Waals surface area contributed by atoms with E-state index in [4.69, 9.17) is 5.26 Å². The van der Waals surface area contributed by atoms with Crippen molar-refractivity contribution in [1.29, 1.82) is 5.26 Å². The van der Waals surface area contributed by atoms with Crippen molar-refractivity contribution < 1.29 is 9.59 Å². The Hall–Kier alpha value is -1.77. The SMILES string of the molecule is CN(C)C(=O)NCC(=O)N1CCC[C@@](C)(C#N)C1. The molecule has 6 nitrogen and oxygen atoms in total. The lowest BCUT2D eigenvalue weighted by molar-refractivity contribution is -0.132. The molecule has 100 valence electrons. The Balaban J connectivity index is 2.48. The number of carbonyl (C=O) groups is 2. The van der Waals surface area contributed by atoms with Crippen molar-refractivity contribution >= 4 is 11.9 Å². The molecule has 1 aliphatic rings. The average molecular weight is 252 g/mol. The van der Waals surface area contributed by atoms with E-state index in [1.165, 1.54) is 4.90 Å². The molecule has 3 amide bonds. The van der Waals surface area contributed by atoms with Crippen LogP contribution in [-0.4, -0.2) is 55.5 Å². The third-order valence-electron chi connectivity index (χ3n) is 3.12. The maximum absolute atomic E-state index is 11.9. The summed E-state index contributed by atoms with van der Waals surface area (Å²) in [6.45, 7) is 2.96. The van der Waals surface area contributed by atoms with Crippen LogP contribution in [0, 0.1) is 16.7 Å². The van der Waals surface area contributed by atoms with Gasteiger partial charge in [-0.1, -0.05) is 0 Å². The number of urea groups is 1. The lowest BCUT2D eigenvalue weighted by Gasteiger charge is -2.36. The van der Waals surface area contributed by atoms with E-state index in [9.17, 15) is 9.59 Å². The summed E-state index contributed by atoms with van der Waals surface area (Å²) in [4.78, 5) is 26.3. The highest BCUT2D eigenvalue weighted by molar-refractivity contribution is 5.84. The van der Waals surface area contributed by atoms with E-state index in [0.717, 1.165) is 12.8 Å². The number of nitrogens with zero attached hydrogens (tertiary/aromatic N) is 3. The molecule has 0 spiro atoms. The van der Waals surface area contributed by atoms with E-state index in [0.29, 0.717) is 13.1 Å². The van der Waals surface area contributed by atoms with Crippen LogP contribution < -0.4 is 5.32 Å². The molecule has 0 aliphatic carbocycles. The van der Waals surface area contributed by atoms with Crippen LogP contribution >= 0.6 is 0 Å². The Kier molecular flexibility index (Phi) is 4.54. The monoisotopic (exact) mass is 252 g/mol. The number of nitriles is 1. The predicted molar refractivity (Wildman–Crippen MR) is 66.6 cm³/mol. The van der Waals surface area contributed by atoms with Gasteiger partial charge in [0.1, 0.15) is 0 Å². The van der Waals surface area contributed by atoms with Crippen LogP contribution in [0.4, 0.5) is 4.79 Å². The summed E-state index contributed by atoms with van der Waals surface area (Å²) >= 11 is 0. The zero-order valence-electron chi connectivity index (χ0n) is 11.2. The van der Waals surface area contributed by atoms with Crippen molar-refractivity contribution in [2.75, 3.05) is 33.7 Å². The summed E-state index contributed by atoms with van der Waals surface area (Å²) in [5, 5.41) is 11.6. The summed E-state index contributed by atoms with van der Waals surface area (Å²) in [6, 6.07) is 1.97. The lowest BCUT2D eigenvalue weighted by atomic mass is 9.83. The van der Waals surface area contributed by atoms with Gasteiger partial charge in [-0.05, 0) is 19.8 Å². The van der Waals surface area contributed by atoms with Crippen molar-refractivity contribution in [3.05, 3.63) is 0 Å². The van der Waals surface area contributed by atoms with Crippen LogP contribution in [0.1, 0.15) is 19.8 Å². The van der Waals surface area contributed by atoms with Crippen LogP contribution in [0.2, 0.25) is 0 Å². The molecule has 1 rings (SSSR count). The van der Waals surface area contributed by atoms with Gasteiger partial charge in [0, 0.05) is 27.2 Å². The number of likely N-dealkylation sites (tertiary alicyclic amines) is 1. The number of carbonyl (C=O) groups excluding carboxylic acids is 2. The predicted octanol–water partition coefficient (Wildman–Crippen LogP) is 0.410. The van der Waals surface area contributed by atoms with E-state index in [1.54, 1.807) is 19.0 Å². The van der Waals surface area contributed by atoms with Gasteiger partial charge in [0.15, 0.2) is 0 Å². The van der Waals surface area contributed by atoms with Gasteiger partial charge in [-0.3, -0.25) is 4.79 Å². The fourth-order valence-electron chi connectivity index (χ4n) is 1.96. The number of hydrogen-bond acceptors (Lipinski definition) is 3. The second-order valence-electron chi connectivity index (χ2n) is 5.14. The van der Waals surface area contributed by atoms with Crippen LogP contribution in [0.15, 0.2) is 0 Å². The van der Waals surface area contributed by atoms with Crippen LogP contribution in [0.3, 0.4) is 0 Å². The number of amides is 3. The van der Waals surface area contributed by atoms with Crippen molar-refractivity contribution in [1.82, 2.24) is 15.1 Å². The Labute approximate surface area is 108 Å². The molecule has 0 aromatic heterocycles. The van der Waals surface area contributed by atoms with Crippen LogP contribution in [0.5, 0.6) is 0 Å². The molecule has 0 unspecified atom stereocenters. The molecule has 0 saturated carbocycles. The zero-order valence-corrected chi connectivity index (χ0v) is 11.2. The first-order valence-electron chi connectivity index (χ1n) is 6.02. The number of piperidine rings is 1. The summed E-state index contributed by atoms with van der Waals surface area (Å²) < 4.78 is 0. The molecular weight excluding hydrogens is 232 g/mol. The second kappa shape index (κ2) is 5.71. The molecule has 1 fully saturated rings. The summed E-state index contributed by atoms with van der Waals surface area (Å²) in [5.41, 5.74) is -0.459. The molecule has 1 N–H and O–H groups in total. The molecule has 1 aliphatic heterocycles.